The lowest BCUT2D eigenvalue weighted by atomic mass is 9.83. The number of methoxy groups -OCH3 is 1. The molecule has 0 saturated carbocycles. The Morgan fingerprint density at radius 1 is 1.18 bits per heavy atom. The number of benzene rings is 2. The summed E-state index contributed by atoms with van der Waals surface area (Å²) in [4.78, 5) is 27.6. The number of allylic oxidation sites excluding steroid dienone is 1. The van der Waals surface area contributed by atoms with Crippen molar-refractivity contribution >= 4 is 29.1 Å². The number of anilines is 1. The van der Waals surface area contributed by atoms with Crippen molar-refractivity contribution in [1.82, 2.24) is 4.90 Å². The van der Waals surface area contributed by atoms with E-state index >= 15 is 0 Å². The first kappa shape index (κ1) is 20.1. The Morgan fingerprint density at radius 3 is 2.50 bits per heavy atom. The van der Waals surface area contributed by atoms with Gasteiger partial charge in [0.2, 0.25) is 5.91 Å². The number of hydrogen-bond donors (Lipinski definition) is 1. The molecule has 1 aliphatic heterocycles. The third-order valence-corrected chi connectivity index (χ3v) is 5.14. The van der Waals surface area contributed by atoms with Gasteiger partial charge in [-0.25, -0.2) is 0 Å². The molecule has 0 fully saturated rings. The highest BCUT2D eigenvalue weighted by atomic mass is 35.5. The van der Waals surface area contributed by atoms with Crippen LogP contribution in [0.1, 0.15) is 24.8 Å². The van der Waals surface area contributed by atoms with E-state index in [4.69, 9.17) is 16.3 Å². The molecule has 28 heavy (non-hydrogen) atoms. The van der Waals surface area contributed by atoms with Gasteiger partial charge in [-0.1, -0.05) is 41.9 Å². The number of halogens is 1. The quantitative estimate of drug-likeness (QED) is 0.792. The molecule has 0 aliphatic carbocycles. The predicted octanol–water partition coefficient (Wildman–Crippen LogP) is 4.22. The summed E-state index contributed by atoms with van der Waals surface area (Å²) >= 11 is 6.01. The molecule has 2 aromatic rings. The molecule has 0 spiro atoms. The average Bonchev–Trinajstić information content (AvgIpc) is 2.68. The van der Waals surface area contributed by atoms with Crippen molar-refractivity contribution < 1.29 is 14.3 Å². The third-order valence-electron chi connectivity index (χ3n) is 4.89. The first-order valence-corrected chi connectivity index (χ1v) is 9.51. The Labute approximate surface area is 169 Å². The number of carbonyl (C=O) groups excluding carboxylic acids is 2. The molecule has 0 radical (unpaired) electrons. The lowest BCUT2D eigenvalue weighted by molar-refractivity contribution is -0.131. The lowest BCUT2D eigenvalue weighted by Crippen LogP contribution is -2.40. The van der Waals surface area contributed by atoms with Crippen molar-refractivity contribution in [3.05, 3.63) is 76.5 Å². The minimum absolute atomic E-state index is 0.0224. The topological polar surface area (TPSA) is 58.6 Å². The minimum Gasteiger partial charge on any atom is -0.383 e. The van der Waals surface area contributed by atoms with Gasteiger partial charge in [0.05, 0.1) is 6.61 Å². The summed E-state index contributed by atoms with van der Waals surface area (Å²) in [5, 5.41) is 3.57. The van der Waals surface area contributed by atoms with E-state index in [9.17, 15) is 9.59 Å². The largest absolute Gasteiger partial charge is 0.383 e. The predicted molar refractivity (Wildman–Crippen MR) is 110 cm³/mol. The number of para-hydroxylation sites is 1. The molecule has 0 aromatic heterocycles. The van der Waals surface area contributed by atoms with Gasteiger partial charge in [0, 0.05) is 48.0 Å². The van der Waals surface area contributed by atoms with E-state index in [-0.39, 0.29) is 24.2 Å². The van der Waals surface area contributed by atoms with Crippen LogP contribution in [0.15, 0.2) is 65.9 Å². The Bertz CT molecular complexity index is 878. The van der Waals surface area contributed by atoms with Crippen molar-refractivity contribution in [2.45, 2.75) is 19.3 Å². The van der Waals surface area contributed by atoms with Gasteiger partial charge in [-0.2, -0.15) is 0 Å². The number of hydrogen-bond acceptors (Lipinski definition) is 3. The summed E-state index contributed by atoms with van der Waals surface area (Å²) in [6, 6.07) is 16.6. The van der Waals surface area contributed by atoms with Crippen LogP contribution in [0.5, 0.6) is 0 Å². The average molecular weight is 399 g/mol. The zero-order chi connectivity index (χ0) is 20.1. The number of amides is 2. The van der Waals surface area contributed by atoms with Crippen LogP contribution < -0.4 is 5.32 Å². The summed E-state index contributed by atoms with van der Waals surface area (Å²) in [6.45, 7) is 2.63. The highest BCUT2D eigenvalue weighted by molar-refractivity contribution is 6.30. The van der Waals surface area contributed by atoms with Gasteiger partial charge in [-0.05, 0) is 36.8 Å². The maximum Gasteiger partial charge on any atom is 0.253 e. The normalized spacial score (nSPS) is 17.0. The Balaban J connectivity index is 2.00. The Hall–Kier alpha value is -2.63. The monoisotopic (exact) mass is 398 g/mol. The van der Waals surface area contributed by atoms with E-state index in [0.29, 0.717) is 35.1 Å². The zero-order valence-corrected chi connectivity index (χ0v) is 16.7. The van der Waals surface area contributed by atoms with E-state index < -0.39 is 0 Å². The fourth-order valence-electron chi connectivity index (χ4n) is 3.47. The second-order valence-corrected chi connectivity index (χ2v) is 7.10. The van der Waals surface area contributed by atoms with Crippen LogP contribution in [0.2, 0.25) is 5.02 Å². The molecule has 6 heteroatoms. The maximum absolute atomic E-state index is 13.2. The Kier molecular flexibility index (Phi) is 6.49. The molecule has 1 N–H and O–H groups in total. The van der Waals surface area contributed by atoms with Gasteiger partial charge in [0.25, 0.3) is 5.91 Å². The van der Waals surface area contributed by atoms with Gasteiger partial charge >= 0.3 is 0 Å². The maximum atomic E-state index is 13.2. The summed E-state index contributed by atoms with van der Waals surface area (Å²) in [5.74, 6) is -0.559. The number of ether oxygens (including phenoxy) is 1. The fraction of sp³-hybridized carbons (Fsp3) is 0.273. The van der Waals surface area contributed by atoms with Crippen LogP contribution in [0.4, 0.5) is 5.69 Å². The molecule has 146 valence electrons. The molecule has 2 amide bonds. The molecule has 5 nitrogen and oxygen atoms in total. The molecule has 1 unspecified atom stereocenters. The molecule has 1 heterocycles. The van der Waals surface area contributed by atoms with Crippen LogP contribution in [-0.4, -0.2) is 37.0 Å². The SMILES string of the molecule is COCCN1C(=O)CC(c2ccc(Cl)cc2)C(C(=O)Nc2ccccc2)=C1C. The van der Waals surface area contributed by atoms with E-state index in [1.807, 2.05) is 49.4 Å². The smallest absolute Gasteiger partial charge is 0.253 e. The number of nitrogens with one attached hydrogen (secondary N) is 1. The van der Waals surface area contributed by atoms with Crippen molar-refractivity contribution in [2.24, 2.45) is 0 Å². The summed E-state index contributed by atoms with van der Waals surface area (Å²) in [5.41, 5.74) is 2.84. The van der Waals surface area contributed by atoms with Gasteiger partial charge in [0.15, 0.2) is 0 Å². The molecule has 3 rings (SSSR count). The number of rotatable bonds is 6. The van der Waals surface area contributed by atoms with E-state index in [1.165, 1.54) is 0 Å². The molecule has 1 atom stereocenters. The van der Waals surface area contributed by atoms with Crippen LogP contribution in [0.3, 0.4) is 0 Å². The molecule has 1 aliphatic rings. The first-order chi connectivity index (χ1) is 13.5. The lowest BCUT2D eigenvalue weighted by Gasteiger charge is -2.34. The second kappa shape index (κ2) is 9.04. The molecular weight excluding hydrogens is 376 g/mol. The van der Waals surface area contributed by atoms with Gasteiger partial charge in [-0.3, -0.25) is 9.59 Å². The molecule has 2 aromatic carbocycles. The molecule has 0 saturated heterocycles. The van der Waals surface area contributed by atoms with E-state index in [1.54, 1.807) is 24.1 Å². The Morgan fingerprint density at radius 2 is 1.86 bits per heavy atom. The highest BCUT2D eigenvalue weighted by Gasteiger charge is 2.35. The fourth-order valence-corrected chi connectivity index (χ4v) is 3.59. The summed E-state index contributed by atoms with van der Waals surface area (Å²) in [6.07, 6.45) is 0.222. The highest BCUT2D eigenvalue weighted by Crippen LogP contribution is 2.37. The zero-order valence-electron chi connectivity index (χ0n) is 15.9. The van der Waals surface area contributed by atoms with Crippen molar-refractivity contribution in [1.29, 1.82) is 0 Å². The van der Waals surface area contributed by atoms with Gasteiger partial charge < -0.3 is 15.0 Å². The second-order valence-electron chi connectivity index (χ2n) is 6.67. The molecular formula is C22H23ClN2O3. The van der Waals surface area contributed by atoms with Gasteiger partial charge in [-0.15, -0.1) is 0 Å². The third kappa shape index (κ3) is 4.43. The van der Waals surface area contributed by atoms with E-state index in [0.717, 1.165) is 5.56 Å². The molecule has 0 bridgehead atoms. The summed E-state index contributed by atoms with van der Waals surface area (Å²) < 4.78 is 5.13. The number of carbonyl (C=O) groups is 2. The van der Waals surface area contributed by atoms with E-state index in [2.05, 4.69) is 5.32 Å². The first-order valence-electron chi connectivity index (χ1n) is 9.13. The van der Waals surface area contributed by atoms with Crippen LogP contribution >= 0.6 is 11.6 Å². The van der Waals surface area contributed by atoms with Crippen molar-refractivity contribution in [3.8, 4) is 0 Å². The van der Waals surface area contributed by atoms with Crippen LogP contribution in [0.25, 0.3) is 0 Å². The standard InChI is InChI=1S/C22H23ClN2O3/c1-15-21(22(27)24-18-6-4-3-5-7-18)19(16-8-10-17(23)11-9-16)14-20(26)25(15)12-13-28-2/h3-11,19H,12-14H2,1-2H3,(H,24,27). The minimum atomic E-state index is -0.327. The van der Waals surface area contributed by atoms with Crippen LogP contribution in [0, 0.1) is 0 Å². The van der Waals surface area contributed by atoms with Crippen LogP contribution in [-0.2, 0) is 14.3 Å². The number of nitrogens with zero attached hydrogens (tertiary/aromatic N) is 1. The van der Waals surface area contributed by atoms with Crippen molar-refractivity contribution in [3.63, 3.8) is 0 Å². The van der Waals surface area contributed by atoms with Crippen molar-refractivity contribution in [2.75, 3.05) is 25.6 Å². The summed E-state index contributed by atoms with van der Waals surface area (Å²) in [7, 11) is 1.59. The van der Waals surface area contributed by atoms with Gasteiger partial charge in [0.1, 0.15) is 0 Å².